The van der Waals surface area contributed by atoms with Crippen LogP contribution in [0.5, 0.6) is 5.75 Å². The number of rotatable bonds is 2. The highest BCUT2D eigenvalue weighted by atomic mass is 32.1. The molecule has 0 radical (unpaired) electrons. The van der Waals surface area contributed by atoms with Crippen LogP contribution in [0.3, 0.4) is 0 Å². The lowest BCUT2D eigenvalue weighted by Crippen LogP contribution is -2.19. The van der Waals surface area contributed by atoms with Crippen molar-refractivity contribution in [3.8, 4) is 16.3 Å². The fraction of sp³-hybridized carbons (Fsp3) is 0.286. The highest BCUT2D eigenvalue weighted by Gasteiger charge is 2.21. The van der Waals surface area contributed by atoms with Gasteiger partial charge in [-0.3, -0.25) is 0 Å². The number of esters is 1. The van der Waals surface area contributed by atoms with E-state index in [2.05, 4.69) is 10.3 Å². The molecule has 2 aromatic rings. The average molecular weight is 290 g/mol. The predicted molar refractivity (Wildman–Crippen MR) is 77.6 cm³/mol. The Hall–Kier alpha value is -2.08. The maximum absolute atomic E-state index is 11.8. The molecule has 5 nitrogen and oxygen atoms in total. The van der Waals surface area contributed by atoms with Gasteiger partial charge in [0.1, 0.15) is 11.6 Å². The first-order valence-electron chi connectivity index (χ1n) is 6.25. The molecule has 0 amide bonds. The number of aromatic nitrogens is 1. The van der Waals surface area contributed by atoms with Gasteiger partial charge in [-0.25, -0.2) is 9.78 Å². The molecule has 3 rings (SSSR count). The van der Waals surface area contributed by atoms with Crippen LogP contribution >= 0.6 is 11.3 Å². The molecule has 0 fully saturated rings. The normalized spacial score (nSPS) is 13.1. The smallest absolute Gasteiger partial charge is 0.337 e. The molecule has 1 aliphatic rings. The number of thiazole rings is 1. The molecule has 0 atom stereocenters. The summed E-state index contributed by atoms with van der Waals surface area (Å²) in [5, 5.41) is 4.08. The summed E-state index contributed by atoms with van der Waals surface area (Å²) in [4.78, 5) is 17.3. The third kappa shape index (κ3) is 2.22. The summed E-state index contributed by atoms with van der Waals surface area (Å²) in [6.07, 6.45) is 1.81. The molecule has 1 aliphatic heterocycles. The molecular weight excluding hydrogens is 276 g/mol. The number of nitrogens with one attached hydrogen (secondary N) is 1. The highest BCUT2D eigenvalue weighted by Crippen LogP contribution is 2.40. The lowest BCUT2D eigenvalue weighted by atomic mass is 10.1. The van der Waals surface area contributed by atoms with E-state index in [1.165, 1.54) is 7.11 Å². The highest BCUT2D eigenvalue weighted by molar-refractivity contribution is 7.15. The lowest BCUT2D eigenvalue weighted by Gasteiger charge is -2.22. The quantitative estimate of drug-likeness (QED) is 0.862. The molecule has 0 bridgehead atoms. The lowest BCUT2D eigenvalue weighted by molar-refractivity contribution is 0.0601. The largest absolute Gasteiger partial charge is 0.489 e. The molecule has 1 aromatic carbocycles. The van der Waals surface area contributed by atoms with Gasteiger partial charge in [0.15, 0.2) is 5.75 Å². The second kappa shape index (κ2) is 5.13. The molecule has 2 heterocycles. The van der Waals surface area contributed by atoms with Crippen molar-refractivity contribution >= 4 is 23.0 Å². The number of carbonyl (C=O) groups excluding carboxylic acids is 1. The number of ether oxygens (including phenoxy) is 2. The van der Waals surface area contributed by atoms with Gasteiger partial charge in [-0.05, 0) is 19.1 Å². The molecular formula is C14H14N2O3S. The Kier molecular flexibility index (Phi) is 3.31. The predicted octanol–water partition coefficient (Wildman–Crippen LogP) is 2.71. The van der Waals surface area contributed by atoms with Crippen LogP contribution in [0.25, 0.3) is 10.6 Å². The zero-order valence-electron chi connectivity index (χ0n) is 11.2. The van der Waals surface area contributed by atoms with Crippen molar-refractivity contribution in [2.75, 3.05) is 25.6 Å². The number of carbonyl (C=O) groups is 1. The monoisotopic (exact) mass is 290 g/mol. The van der Waals surface area contributed by atoms with Crippen molar-refractivity contribution in [1.82, 2.24) is 4.98 Å². The fourth-order valence-electron chi connectivity index (χ4n) is 2.13. The van der Waals surface area contributed by atoms with Gasteiger partial charge in [0.2, 0.25) is 0 Å². The van der Waals surface area contributed by atoms with Crippen LogP contribution in [-0.4, -0.2) is 31.2 Å². The number of hydrogen-bond donors (Lipinski definition) is 1. The van der Waals surface area contributed by atoms with Gasteiger partial charge in [-0.15, -0.1) is 11.3 Å². The van der Waals surface area contributed by atoms with Gasteiger partial charge in [0, 0.05) is 17.6 Å². The van der Waals surface area contributed by atoms with Crippen LogP contribution in [-0.2, 0) is 4.74 Å². The van der Waals surface area contributed by atoms with Crippen molar-refractivity contribution in [2.45, 2.75) is 6.92 Å². The van der Waals surface area contributed by atoms with Gasteiger partial charge in [-0.2, -0.15) is 0 Å². The first-order valence-corrected chi connectivity index (χ1v) is 7.06. The minimum absolute atomic E-state index is 0.366. The van der Waals surface area contributed by atoms with Gasteiger partial charge in [-0.1, -0.05) is 0 Å². The number of methoxy groups -OCH3 is 1. The third-order valence-corrected chi connectivity index (χ3v) is 3.97. The molecule has 1 N–H and O–H groups in total. The number of aryl methyl sites for hydroxylation is 1. The third-order valence-electron chi connectivity index (χ3n) is 3.03. The van der Waals surface area contributed by atoms with Crippen molar-refractivity contribution in [1.29, 1.82) is 0 Å². The van der Waals surface area contributed by atoms with E-state index in [0.29, 0.717) is 18.7 Å². The Morgan fingerprint density at radius 1 is 1.50 bits per heavy atom. The number of hydrogen-bond acceptors (Lipinski definition) is 6. The van der Waals surface area contributed by atoms with Crippen LogP contribution in [0.15, 0.2) is 18.3 Å². The fourth-order valence-corrected chi connectivity index (χ4v) is 2.91. The topological polar surface area (TPSA) is 60.5 Å². The van der Waals surface area contributed by atoms with Crippen LogP contribution in [0.1, 0.15) is 15.2 Å². The average Bonchev–Trinajstić information content (AvgIpc) is 2.91. The first-order chi connectivity index (χ1) is 9.69. The van der Waals surface area contributed by atoms with Gasteiger partial charge >= 0.3 is 5.97 Å². The molecule has 1 aromatic heterocycles. The van der Waals surface area contributed by atoms with Crippen LogP contribution < -0.4 is 10.1 Å². The van der Waals surface area contributed by atoms with Crippen molar-refractivity contribution in [2.24, 2.45) is 0 Å². The van der Waals surface area contributed by atoms with E-state index < -0.39 is 0 Å². The summed E-state index contributed by atoms with van der Waals surface area (Å²) in [7, 11) is 1.37. The van der Waals surface area contributed by atoms with E-state index in [9.17, 15) is 4.79 Å². The van der Waals surface area contributed by atoms with E-state index in [1.54, 1.807) is 23.5 Å². The van der Waals surface area contributed by atoms with Crippen LogP contribution in [0.2, 0.25) is 0 Å². The number of anilines is 1. The summed E-state index contributed by atoms with van der Waals surface area (Å²) in [5.41, 5.74) is 2.13. The Balaban J connectivity index is 2.17. The Labute approximate surface area is 120 Å². The number of benzene rings is 1. The summed E-state index contributed by atoms with van der Waals surface area (Å²) < 4.78 is 10.5. The summed E-state index contributed by atoms with van der Waals surface area (Å²) in [6, 6.07) is 3.53. The zero-order valence-corrected chi connectivity index (χ0v) is 12.0. The summed E-state index contributed by atoms with van der Waals surface area (Å²) in [5.74, 6) is 0.382. The van der Waals surface area contributed by atoms with E-state index >= 15 is 0 Å². The summed E-state index contributed by atoms with van der Waals surface area (Å²) >= 11 is 1.57. The Morgan fingerprint density at radius 2 is 2.35 bits per heavy atom. The van der Waals surface area contributed by atoms with Gasteiger partial charge < -0.3 is 14.8 Å². The molecule has 0 saturated heterocycles. The second-order valence-corrected chi connectivity index (χ2v) is 5.68. The molecule has 0 saturated carbocycles. The molecule has 0 aliphatic carbocycles. The molecule has 20 heavy (non-hydrogen) atoms. The van der Waals surface area contributed by atoms with E-state index in [0.717, 1.165) is 26.9 Å². The van der Waals surface area contributed by atoms with Crippen molar-refractivity contribution in [3.05, 3.63) is 28.8 Å². The Bertz CT molecular complexity index is 666. The summed E-state index contributed by atoms with van der Waals surface area (Å²) in [6.45, 7) is 3.31. The van der Waals surface area contributed by atoms with E-state index in [4.69, 9.17) is 9.47 Å². The SMILES string of the molecule is COC(=O)c1cc2c(c(-c3ncc(C)s3)c1)OCCN2. The maximum atomic E-state index is 11.8. The second-order valence-electron chi connectivity index (χ2n) is 4.44. The minimum Gasteiger partial charge on any atom is -0.489 e. The van der Waals surface area contributed by atoms with E-state index in [-0.39, 0.29) is 5.97 Å². The van der Waals surface area contributed by atoms with E-state index in [1.807, 2.05) is 13.1 Å². The first kappa shape index (κ1) is 12.9. The van der Waals surface area contributed by atoms with Gasteiger partial charge in [0.25, 0.3) is 0 Å². The van der Waals surface area contributed by atoms with Crippen molar-refractivity contribution in [3.63, 3.8) is 0 Å². The van der Waals surface area contributed by atoms with Crippen LogP contribution in [0.4, 0.5) is 5.69 Å². The van der Waals surface area contributed by atoms with Gasteiger partial charge in [0.05, 0.1) is 23.9 Å². The number of fused-ring (bicyclic) bond motifs is 1. The zero-order chi connectivity index (χ0) is 14.1. The molecule has 0 unspecified atom stereocenters. The maximum Gasteiger partial charge on any atom is 0.337 e. The van der Waals surface area contributed by atoms with Crippen molar-refractivity contribution < 1.29 is 14.3 Å². The Morgan fingerprint density at radius 3 is 3.05 bits per heavy atom. The molecule has 0 spiro atoms. The van der Waals surface area contributed by atoms with Crippen LogP contribution in [0, 0.1) is 6.92 Å². The minimum atomic E-state index is -0.366. The number of nitrogens with zero attached hydrogens (tertiary/aromatic N) is 1. The standard InChI is InChI=1S/C14H14N2O3S/c1-8-7-16-13(20-8)10-5-9(14(17)18-2)6-11-12(10)19-4-3-15-11/h5-7,15H,3-4H2,1-2H3. The molecule has 6 heteroatoms. The molecule has 104 valence electrons.